The number of aromatic amines is 2. The van der Waals surface area contributed by atoms with Gasteiger partial charge in [-0.3, -0.25) is 14.6 Å². The Hall–Kier alpha value is -2.89. The number of nitrogens with zero attached hydrogens (tertiary/aromatic N) is 1. The van der Waals surface area contributed by atoms with Crippen LogP contribution in [0.5, 0.6) is 0 Å². The number of rotatable bonds is 3. The average molecular weight is 282 g/mol. The highest BCUT2D eigenvalue weighted by Gasteiger charge is 2.17. The number of aromatic nitrogens is 3. The van der Waals surface area contributed by atoms with Crippen molar-refractivity contribution in [3.63, 3.8) is 0 Å². The third-order valence-corrected chi connectivity index (χ3v) is 3.63. The Bertz CT molecular complexity index is 862. The Balaban J connectivity index is 2.11. The number of hydrogen-bond acceptors (Lipinski definition) is 4. The lowest BCUT2D eigenvalue weighted by Gasteiger charge is -2.11. The van der Waals surface area contributed by atoms with Gasteiger partial charge >= 0.3 is 0 Å². The second kappa shape index (κ2) is 4.90. The molecule has 3 rings (SSSR count). The fraction of sp³-hybridized carbons (Fsp3) is 0.133. The summed E-state index contributed by atoms with van der Waals surface area (Å²) in [6, 6.07) is 7.28. The summed E-state index contributed by atoms with van der Waals surface area (Å²) in [5, 5.41) is 0.510. The molecule has 0 spiro atoms. The molecule has 0 aliphatic heterocycles. The van der Waals surface area contributed by atoms with E-state index in [1.807, 2.05) is 19.1 Å². The number of aldehydes is 1. The van der Waals surface area contributed by atoms with E-state index in [0.29, 0.717) is 16.6 Å². The molecule has 0 aliphatic rings. The molecular formula is C15H14N4O2. The summed E-state index contributed by atoms with van der Waals surface area (Å²) >= 11 is 0. The van der Waals surface area contributed by atoms with Crippen LogP contribution in [0, 0.1) is 0 Å². The number of nitrogen functional groups attached to an aromatic ring is 1. The monoisotopic (exact) mass is 282 g/mol. The molecule has 0 saturated carbocycles. The van der Waals surface area contributed by atoms with Gasteiger partial charge in [0.1, 0.15) is 11.9 Å². The molecule has 0 fully saturated rings. The van der Waals surface area contributed by atoms with E-state index in [1.54, 1.807) is 18.3 Å². The average Bonchev–Trinajstić information content (AvgIpc) is 2.90. The standard InChI is InChI=1S/C15H14N4O2/c1-8(10-4-2-9(7-20)3-5-10)11-6-17-13-12(11)14(21)19-15(16)18-13/h2-8H,1H3,(H4,16,17,18,19,21). The van der Waals surface area contributed by atoms with Gasteiger partial charge in [0.15, 0.2) is 0 Å². The second-order valence-electron chi connectivity index (χ2n) is 4.92. The molecule has 1 aromatic carbocycles. The van der Waals surface area contributed by atoms with E-state index in [2.05, 4.69) is 15.0 Å². The van der Waals surface area contributed by atoms with Gasteiger partial charge in [-0.2, -0.15) is 4.98 Å². The summed E-state index contributed by atoms with van der Waals surface area (Å²) in [4.78, 5) is 32.3. The molecule has 0 saturated heterocycles. The number of nitrogens with two attached hydrogens (primary N) is 1. The number of hydrogen-bond donors (Lipinski definition) is 3. The number of carbonyl (C=O) groups excluding carboxylic acids is 1. The van der Waals surface area contributed by atoms with Crippen LogP contribution in [0.4, 0.5) is 5.95 Å². The molecule has 0 radical (unpaired) electrons. The van der Waals surface area contributed by atoms with E-state index in [9.17, 15) is 9.59 Å². The minimum Gasteiger partial charge on any atom is -0.369 e. The first-order valence-electron chi connectivity index (χ1n) is 6.52. The lowest BCUT2D eigenvalue weighted by atomic mass is 9.93. The molecule has 106 valence electrons. The predicted octanol–water partition coefficient (Wildman–Crippen LogP) is 1.80. The van der Waals surface area contributed by atoms with Crippen LogP contribution < -0.4 is 11.3 Å². The maximum absolute atomic E-state index is 12.1. The number of carbonyl (C=O) groups is 1. The molecule has 0 aliphatic carbocycles. The van der Waals surface area contributed by atoms with Crippen LogP contribution in [0.3, 0.4) is 0 Å². The van der Waals surface area contributed by atoms with Gasteiger partial charge in [-0.05, 0) is 11.1 Å². The molecule has 1 atom stereocenters. The normalized spacial score (nSPS) is 12.4. The second-order valence-corrected chi connectivity index (χ2v) is 4.92. The van der Waals surface area contributed by atoms with Crippen LogP contribution in [0.1, 0.15) is 34.3 Å². The van der Waals surface area contributed by atoms with Crippen LogP contribution in [0.25, 0.3) is 11.0 Å². The van der Waals surface area contributed by atoms with Crippen molar-refractivity contribution in [2.24, 2.45) is 0 Å². The molecule has 21 heavy (non-hydrogen) atoms. The third-order valence-electron chi connectivity index (χ3n) is 3.63. The maximum atomic E-state index is 12.1. The lowest BCUT2D eigenvalue weighted by molar-refractivity contribution is 0.112. The molecule has 3 aromatic rings. The number of nitrogens with one attached hydrogen (secondary N) is 2. The molecular weight excluding hydrogens is 268 g/mol. The third kappa shape index (κ3) is 2.20. The van der Waals surface area contributed by atoms with Gasteiger partial charge < -0.3 is 10.7 Å². The summed E-state index contributed by atoms with van der Waals surface area (Å²) in [7, 11) is 0. The van der Waals surface area contributed by atoms with Crippen molar-refractivity contribution in [2.45, 2.75) is 12.8 Å². The Morgan fingerprint density at radius 3 is 2.67 bits per heavy atom. The zero-order valence-corrected chi connectivity index (χ0v) is 11.4. The summed E-state index contributed by atoms with van der Waals surface area (Å²) < 4.78 is 0. The van der Waals surface area contributed by atoms with Gasteiger partial charge in [0.05, 0.1) is 5.39 Å². The van der Waals surface area contributed by atoms with Gasteiger partial charge in [0.2, 0.25) is 5.95 Å². The van der Waals surface area contributed by atoms with Gasteiger partial charge in [-0.25, -0.2) is 0 Å². The van der Waals surface area contributed by atoms with Crippen LogP contribution in [-0.2, 0) is 0 Å². The van der Waals surface area contributed by atoms with E-state index in [0.717, 1.165) is 17.4 Å². The van der Waals surface area contributed by atoms with Crippen molar-refractivity contribution >= 4 is 23.3 Å². The van der Waals surface area contributed by atoms with E-state index in [-0.39, 0.29) is 17.4 Å². The van der Waals surface area contributed by atoms with E-state index < -0.39 is 0 Å². The zero-order chi connectivity index (χ0) is 15.0. The van der Waals surface area contributed by atoms with Crippen LogP contribution in [-0.4, -0.2) is 21.2 Å². The van der Waals surface area contributed by atoms with Crippen molar-refractivity contribution in [3.05, 3.63) is 57.5 Å². The molecule has 0 bridgehead atoms. The van der Waals surface area contributed by atoms with E-state index in [1.165, 1.54) is 0 Å². The van der Waals surface area contributed by atoms with Gasteiger partial charge in [-0.1, -0.05) is 31.2 Å². The van der Waals surface area contributed by atoms with Crippen LogP contribution >= 0.6 is 0 Å². The molecule has 2 aromatic heterocycles. The van der Waals surface area contributed by atoms with E-state index in [4.69, 9.17) is 5.73 Å². The smallest absolute Gasteiger partial charge is 0.262 e. The minimum atomic E-state index is -0.259. The fourth-order valence-electron chi connectivity index (χ4n) is 2.47. The summed E-state index contributed by atoms with van der Waals surface area (Å²) in [6.07, 6.45) is 2.57. The van der Waals surface area contributed by atoms with Crippen LogP contribution in [0.2, 0.25) is 0 Å². The first-order valence-corrected chi connectivity index (χ1v) is 6.52. The van der Waals surface area contributed by atoms with Gasteiger partial charge in [0, 0.05) is 17.7 Å². The molecule has 0 amide bonds. The predicted molar refractivity (Wildman–Crippen MR) is 80.5 cm³/mol. The highest BCUT2D eigenvalue weighted by Crippen LogP contribution is 2.28. The van der Waals surface area contributed by atoms with Crippen LogP contribution in [0.15, 0.2) is 35.3 Å². The van der Waals surface area contributed by atoms with Crippen molar-refractivity contribution in [1.82, 2.24) is 15.0 Å². The molecule has 4 N–H and O–H groups in total. The largest absolute Gasteiger partial charge is 0.369 e. The highest BCUT2D eigenvalue weighted by molar-refractivity contribution is 5.81. The molecule has 6 nitrogen and oxygen atoms in total. The Morgan fingerprint density at radius 1 is 1.29 bits per heavy atom. The fourth-order valence-corrected chi connectivity index (χ4v) is 2.47. The topological polar surface area (TPSA) is 105 Å². The molecule has 2 heterocycles. The number of H-pyrrole nitrogens is 2. The Morgan fingerprint density at radius 2 is 2.00 bits per heavy atom. The SMILES string of the molecule is CC(c1ccc(C=O)cc1)c1c[nH]c2nc(N)[nH]c(=O)c12. The van der Waals surface area contributed by atoms with Crippen molar-refractivity contribution in [3.8, 4) is 0 Å². The summed E-state index contributed by atoms with van der Waals surface area (Å²) in [5.74, 6) is 0.0786. The van der Waals surface area contributed by atoms with Crippen molar-refractivity contribution < 1.29 is 4.79 Å². The lowest BCUT2D eigenvalue weighted by Crippen LogP contribution is -2.12. The first kappa shape index (κ1) is 13.1. The maximum Gasteiger partial charge on any atom is 0.262 e. The minimum absolute atomic E-state index is 0.00836. The summed E-state index contributed by atoms with van der Waals surface area (Å²) in [6.45, 7) is 1.99. The van der Waals surface area contributed by atoms with E-state index >= 15 is 0 Å². The Labute approximate surface area is 120 Å². The quantitative estimate of drug-likeness (QED) is 0.637. The number of benzene rings is 1. The number of anilines is 1. The van der Waals surface area contributed by atoms with Crippen molar-refractivity contribution in [2.75, 3.05) is 5.73 Å². The highest BCUT2D eigenvalue weighted by atomic mass is 16.1. The Kier molecular flexibility index (Phi) is 3.06. The summed E-state index contributed by atoms with van der Waals surface area (Å²) in [5.41, 5.74) is 8.23. The number of fused-ring (bicyclic) bond motifs is 1. The molecule has 6 heteroatoms. The molecule has 1 unspecified atom stereocenters. The zero-order valence-electron chi connectivity index (χ0n) is 11.4. The van der Waals surface area contributed by atoms with Gasteiger partial charge in [0.25, 0.3) is 5.56 Å². The first-order chi connectivity index (χ1) is 10.1. The van der Waals surface area contributed by atoms with Gasteiger partial charge in [-0.15, -0.1) is 0 Å². The van der Waals surface area contributed by atoms with Crippen molar-refractivity contribution in [1.29, 1.82) is 0 Å².